The predicted octanol–water partition coefficient (Wildman–Crippen LogP) is 3.19. The second kappa shape index (κ2) is 8.23. The summed E-state index contributed by atoms with van der Waals surface area (Å²) in [6.07, 6.45) is 1.73. The molecule has 1 N–H and O–H groups in total. The Bertz CT molecular complexity index is 1000. The van der Waals surface area contributed by atoms with Gasteiger partial charge >= 0.3 is 5.63 Å². The van der Waals surface area contributed by atoms with Gasteiger partial charge < -0.3 is 14.1 Å². The molecule has 0 aliphatic heterocycles. The summed E-state index contributed by atoms with van der Waals surface area (Å²) < 4.78 is 10.9. The van der Waals surface area contributed by atoms with E-state index in [0.29, 0.717) is 12.2 Å². The van der Waals surface area contributed by atoms with Crippen molar-refractivity contribution in [2.45, 2.75) is 26.9 Å². The summed E-state index contributed by atoms with van der Waals surface area (Å²) in [7, 11) is 2.13. The summed E-state index contributed by atoms with van der Waals surface area (Å²) in [5, 5.41) is 1.02. The van der Waals surface area contributed by atoms with E-state index in [1.54, 1.807) is 12.1 Å². The first kappa shape index (κ1) is 18.9. The molecule has 1 aromatic heterocycles. The van der Waals surface area contributed by atoms with Crippen LogP contribution in [0.2, 0.25) is 0 Å². The van der Waals surface area contributed by atoms with Crippen LogP contribution >= 0.6 is 0 Å². The van der Waals surface area contributed by atoms with Crippen LogP contribution in [-0.4, -0.2) is 13.7 Å². The Morgan fingerprint density at radius 2 is 1.78 bits per heavy atom. The second-order valence-corrected chi connectivity index (χ2v) is 7.08. The average molecular weight is 364 g/mol. The molecule has 1 unspecified atom stereocenters. The van der Waals surface area contributed by atoms with Gasteiger partial charge in [-0.15, -0.1) is 0 Å². The Labute approximate surface area is 159 Å². The molecule has 2 aromatic carbocycles. The van der Waals surface area contributed by atoms with Crippen molar-refractivity contribution in [2.75, 3.05) is 13.7 Å². The van der Waals surface area contributed by atoms with Gasteiger partial charge in [-0.05, 0) is 61.4 Å². The van der Waals surface area contributed by atoms with Crippen LogP contribution in [0.5, 0.6) is 5.75 Å². The third-order valence-electron chi connectivity index (χ3n) is 4.73. The quantitative estimate of drug-likeness (QED) is 0.517. The molecule has 0 aliphatic carbocycles. The molecule has 0 saturated carbocycles. The average Bonchev–Trinajstić information content (AvgIpc) is 2.62. The van der Waals surface area contributed by atoms with Crippen LogP contribution < -0.4 is 15.3 Å². The fourth-order valence-corrected chi connectivity index (χ4v) is 3.22. The van der Waals surface area contributed by atoms with E-state index in [4.69, 9.17) is 9.15 Å². The van der Waals surface area contributed by atoms with Crippen LogP contribution in [-0.2, 0) is 13.1 Å². The van der Waals surface area contributed by atoms with E-state index < -0.39 is 0 Å². The highest BCUT2D eigenvalue weighted by Gasteiger charge is 2.12. The van der Waals surface area contributed by atoms with E-state index in [0.717, 1.165) is 35.4 Å². The highest BCUT2D eigenvalue weighted by Crippen LogP contribution is 2.21. The van der Waals surface area contributed by atoms with Crippen molar-refractivity contribution >= 4 is 11.0 Å². The molecule has 0 aliphatic rings. The maximum absolute atomic E-state index is 12.0. The molecule has 0 bridgehead atoms. The Balaban J connectivity index is 1.77. The first-order valence-electron chi connectivity index (χ1n) is 9.14. The third-order valence-corrected chi connectivity index (χ3v) is 4.73. The van der Waals surface area contributed by atoms with Gasteiger partial charge in [0.1, 0.15) is 31.0 Å². The molecule has 3 rings (SSSR count). The molecule has 1 atom stereocenters. The van der Waals surface area contributed by atoms with Gasteiger partial charge in [-0.25, -0.2) is 4.79 Å². The standard InChI is InChI=1S/C23H25NO3/c1-5-10-26-20-8-6-18(7-9-20)14-24(4)15-19-13-23(25)27-22-12-17(3)16(2)11-21(19)22/h5-9,11-13H,1,10,14-15H2,2-4H3/p+1. The first-order valence-corrected chi connectivity index (χ1v) is 9.14. The third kappa shape index (κ3) is 4.66. The highest BCUT2D eigenvalue weighted by molar-refractivity contribution is 5.81. The SMILES string of the molecule is C=CCOc1ccc(C[NH+](C)Cc2cc(=O)oc3cc(C)c(C)cc23)cc1. The van der Waals surface area contributed by atoms with Crippen LogP contribution in [0, 0.1) is 13.8 Å². The summed E-state index contributed by atoms with van der Waals surface area (Å²) in [5.41, 5.74) is 4.94. The predicted molar refractivity (Wildman–Crippen MR) is 108 cm³/mol. The van der Waals surface area contributed by atoms with Crippen LogP contribution in [0.3, 0.4) is 0 Å². The number of nitrogens with one attached hydrogen (secondary N) is 1. The molecule has 27 heavy (non-hydrogen) atoms. The summed E-state index contributed by atoms with van der Waals surface area (Å²) in [4.78, 5) is 13.3. The van der Waals surface area contributed by atoms with Crippen LogP contribution in [0.15, 0.2) is 64.3 Å². The summed E-state index contributed by atoms with van der Waals surface area (Å²) in [5.74, 6) is 0.841. The monoisotopic (exact) mass is 364 g/mol. The molecule has 4 nitrogen and oxygen atoms in total. The van der Waals surface area contributed by atoms with E-state index in [-0.39, 0.29) is 5.63 Å². The minimum Gasteiger partial charge on any atom is -0.490 e. The largest absolute Gasteiger partial charge is 0.490 e. The van der Waals surface area contributed by atoms with Crippen molar-refractivity contribution in [3.05, 3.63) is 87.8 Å². The highest BCUT2D eigenvalue weighted by atomic mass is 16.5. The normalized spacial score (nSPS) is 12.1. The molecule has 0 saturated heterocycles. The molecule has 0 fully saturated rings. The van der Waals surface area contributed by atoms with Gasteiger partial charge in [0.15, 0.2) is 0 Å². The smallest absolute Gasteiger partial charge is 0.336 e. The zero-order chi connectivity index (χ0) is 19.4. The van der Waals surface area contributed by atoms with Gasteiger partial charge in [-0.1, -0.05) is 12.7 Å². The lowest BCUT2D eigenvalue weighted by atomic mass is 10.0. The van der Waals surface area contributed by atoms with Crippen LogP contribution in [0.25, 0.3) is 11.0 Å². The first-order chi connectivity index (χ1) is 13.0. The molecule has 0 spiro atoms. The number of quaternary nitrogens is 1. The number of rotatable bonds is 7. The number of fused-ring (bicyclic) bond motifs is 1. The van der Waals surface area contributed by atoms with Gasteiger partial charge in [0.2, 0.25) is 0 Å². The summed E-state index contributed by atoms with van der Waals surface area (Å²) in [6, 6.07) is 13.8. The summed E-state index contributed by atoms with van der Waals surface area (Å²) >= 11 is 0. The van der Waals surface area contributed by atoms with Gasteiger partial charge in [-0.2, -0.15) is 0 Å². The van der Waals surface area contributed by atoms with Crippen molar-refractivity contribution in [2.24, 2.45) is 0 Å². The van der Waals surface area contributed by atoms with E-state index in [1.807, 2.05) is 25.1 Å². The molecular formula is C23H26NO3+. The number of hydrogen-bond donors (Lipinski definition) is 1. The minimum atomic E-state index is -0.294. The van der Waals surface area contributed by atoms with E-state index >= 15 is 0 Å². The number of aryl methyl sites for hydroxylation is 2. The number of benzene rings is 2. The summed E-state index contributed by atoms with van der Waals surface area (Å²) in [6.45, 7) is 9.87. The molecule has 4 heteroatoms. The van der Waals surface area contributed by atoms with Gasteiger partial charge in [0.05, 0.1) is 7.05 Å². The number of ether oxygens (including phenoxy) is 1. The molecule has 1 heterocycles. The van der Waals surface area contributed by atoms with Crippen molar-refractivity contribution in [1.29, 1.82) is 0 Å². The van der Waals surface area contributed by atoms with E-state index in [2.05, 4.69) is 38.7 Å². The fourth-order valence-electron chi connectivity index (χ4n) is 3.22. The molecule has 0 amide bonds. The van der Waals surface area contributed by atoms with Gasteiger partial charge in [0.25, 0.3) is 0 Å². The van der Waals surface area contributed by atoms with Crippen LogP contribution in [0.1, 0.15) is 22.3 Å². The van der Waals surface area contributed by atoms with Gasteiger partial charge in [-0.3, -0.25) is 0 Å². The zero-order valence-electron chi connectivity index (χ0n) is 16.2. The fraction of sp³-hybridized carbons (Fsp3) is 0.261. The Kier molecular flexibility index (Phi) is 5.77. The zero-order valence-corrected chi connectivity index (χ0v) is 16.2. The molecular weight excluding hydrogens is 338 g/mol. The molecule has 0 radical (unpaired) electrons. The van der Waals surface area contributed by atoms with E-state index in [1.165, 1.54) is 16.0 Å². The van der Waals surface area contributed by atoms with Crippen LogP contribution in [0.4, 0.5) is 0 Å². The minimum absolute atomic E-state index is 0.294. The lowest BCUT2D eigenvalue weighted by Crippen LogP contribution is -3.06. The maximum Gasteiger partial charge on any atom is 0.336 e. The lowest BCUT2D eigenvalue weighted by molar-refractivity contribution is -0.907. The molecule has 3 aromatic rings. The Hall–Kier alpha value is -2.85. The van der Waals surface area contributed by atoms with E-state index in [9.17, 15) is 4.79 Å². The van der Waals surface area contributed by atoms with Crippen molar-refractivity contribution in [3.8, 4) is 5.75 Å². The Morgan fingerprint density at radius 3 is 2.48 bits per heavy atom. The number of hydrogen-bond acceptors (Lipinski definition) is 3. The lowest BCUT2D eigenvalue weighted by Gasteiger charge is -2.16. The Morgan fingerprint density at radius 1 is 1.07 bits per heavy atom. The maximum atomic E-state index is 12.0. The van der Waals surface area contributed by atoms with Gasteiger partial charge in [0, 0.05) is 22.6 Å². The molecule has 140 valence electrons. The second-order valence-electron chi connectivity index (χ2n) is 7.08. The van der Waals surface area contributed by atoms with Crippen molar-refractivity contribution in [3.63, 3.8) is 0 Å². The van der Waals surface area contributed by atoms with Crippen molar-refractivity contribution in [1.82, 2.24) is 0 Å². The van der Waals surface area contributed by atoms with Crippen molar-refractivity contribution < 1.29 is 14.1 Å². The topological polar surface area (TPSA) is 43.9 Å².